The number of benzene rings is 1. The summed E-state index contributed by atoms with van der Waals surface area (Å²) in [6, 6.07) is 6.34. The van der Waals surface area contributed by atoms with Crippen LogP contribution in [0, 0.1) is 5.92 Å². The van der Waals surface area contributed by atoms with Crippen LogP contribution in [0.2, 0.25) is 0 Å². The molecule has 5 atom stereocenters. The molecular weight excluding hydrogens is 424 g/mol. The number of likely N-dealkylation sites (tertiary alicyclic amines) is 1. The lowest BCUT2D eigenvalue weighted by atomic mass is 10.1. The fourth-order valence-corrected chi connectivity index (χ4v) is 5.82. The van der Waals surface area contributed by atoms with Crippen molar-refractivity contribution in [1.82, 2.24) is 20.4 Å². The van der Waals surface area contributed by atoms with Crippen molar-refractivity contribution in [3.63, 3.8) is 0 Å². The molecule has 1 aromatic rings. The van der Waals surface area contributed by atoms with Crippen LogP contribution in [0.5, 0.6) is 0 Å². The predicted molar refractivity (Wildman–Crippen MR) is 117 cm³/mol. The van der Waals surface area contributed by atoms with Crippen molar-refractivity contribution < 1.29 is 24.3 Å². The van der Waals surface area contributed by atoms with Crippen LogP contribution in [0.3, 0.4) is 0 Å². The largest absolute Gasteiger partial charge is 0.378 e. The monoisotopic (exact) mass is 454 g/mol. The van der Waals surface area contributed by atoms with Gasteiger partial charge in [0.05, 0.1) is 6.04 Å². The molecule has 5 rings (SSSR count). The average molecular weight is 455 g/mol. The Morgan fingerprint density at radius 1 is 1.09 bits per heavy atom. The van der Waals surface area contributed by atoms with Gasteiger partial charge in [-0.2, -0.15) is 0 Å². The lowest BCUT2D eigenvalue weighted by molar-refractivity contribution is -0.149. The van der Waals surface area contributed by atoms with Crippen molar-refractivity contribution in [2.24, 2.45) is 5.92 Å². The van der Waals surface area contributed by atoms with Gasteiger partial charge in [-0.3, -0.25) is 19.2 Å². The summed E-state index contributed by atoms with van der Waals surface area (Å²) in [7, 11) is 0. The van der Waals surface area contributed by atoms with Crippen LogP contribution in [-0.2, 0) is 19.2 Å². The number of nitrogens with one attached hydrogen (secondary N) is 2. The lowest BCUT2D eigenvalue weighted by Gasteiger charge is -2.30. The Morgan fingerprint density at radius 2 is 1.82 bits per heavy atom. The Bertz CT molecular complexity index is 947. The van der Waals surface area contributed by atoms with E-state index in [-0.39, 0.29) is 42.8 Å². The number of aliphatic hydroxyl groups is 1. The number of amides is 4. The van der Waals surface area contributed by atoms with E-state index in [1.807, 2.05) is 0 Å². The normalized spacial score (nSPS) is 30.5. The highest BCUT2D eigenvalue weighted by Crippen LogP contribution is 2.31. The van der Waals surface area contributed by atoms with E-state index >= 15 is 0 Å². The molecule has 3 aliphatic heterocycles. The molecular formula is C24H30N4O5. The molecule has 9 nitrogen and oxygen atoms in total. The molecule has 1 aliphatic carbocycles. The molecule has 5 unspecified atom stereocenters. The van der Waals surface area contributed by atoms with E-state index in [1.54, 1.807) is 30.3 Å². The van der Waals surface area contributed by atoms with E-state index in [1.165, 1.54) is 9.80 Å². The minimum atomic E-state index is -1.37. The van der Waals surface area contributed by atoms with Gasteiger partial charge in [0.2, 0.25) is 17.7 Å². The molecule has 4 aliphatic rings. The number of carbonyl (C=O) groups is 4. The van der Waals surface area contributed by atoms with Gasteiger partial charge in [0.1, 0.15) is 12.1 Å². The second-order valence-electron chi connectivity index (χ2n) is 9.62. The number of rotatable bonds is 4. The van der Waals surface area contributed by atoms with Gasteiger partial charge in [-0.15, -0.1) is 0 Å². The van der Waals surface area contributed by atoms with Crippen molar-refractivity contribution in [2.45, 2.75) is 68.8 Å². The van der Waals surface area contributed by atoms with Gasteiger partial charge in [0.15, 0.2) is 6.10 Å². The van der Waals surface area contributed by atoms with E-state index < -0.39 is 30.1 Å². The summed E-state index contributed by atoms with van der Waals surface area (Å²) < 4.78 is 0. The third kappa shape index (κ3) is 3.99. The molecule has 0 spiro atoms. The summed E-state index contributed by atoms with van der Waals surface area (Å²) in [4.78, 5) is 55.1. The zero-order chi connectivity index (χ0) is 23.1. The maximum Gasteiger partial charge on any atom is 0.256 e. The van der Waals surface area contributed by atoms with Gasteiger partial charge in [-0.1, -0.05) is 43.2 Å². The van der Waals surface area contributed by atoms with Crippen molar-refractivity contribution in [2.75, 3.05) is 13.1 Å². The Kier molecular flexibility index (Phi) is 5.82. The highest BCUT2D eigenvalue weighted by Gasteiger charge is 2.53. The average Bonchev–Trinajstić information content (AvgIpc) is 3.57. The molecule has 4 amide bonds. The number of hydrogen-bond donors (Lipinski definition) is 3. The SMILES string of the molecule is O=C(NC1CC2C(=O)NC3CCN(C(=O)C(O)c4ccccc4)C3C(=O)N2C1)C1CCCC1. The summed E-state index contributed by atoms with van der Waals surface area (Å²) in [6.45, 7) is 0.534. The third-order valence-corrected chi connectivity index (χ3v) is 7.57. The minimum Gasteiger partial charge on any atom is -0.378 e. The van der Waals surface area contributed by atoms with E-state index in [4.69, 9.17) is 0 Å². The topological polar surface area (TPSA) is 119 Å². The lowest BCUT2D eigenvalue weighted by Crippen LogP contribution is -2.53. The van der Waals surface area contributed by atoms with Crippen LogP contribution in [0.25, 0.3) is 0 Å². The van der Waals surface area contributed by atoms with Crippen molar-refractivity contribution in [1.29, 1.82) is 0 Å². The van der Waals surface area contributed by atoms with Crippen LogP contribution in [0.1, 0.15) is 50.2 Å². The summed E-state index contributed by atoms with van der Waals surface area (Å²) in [5, 5.41) is 16.6. The quantitative estimate of drug-likeness (QED) is 0.596. The first-order valence-electron chi connectivity index (χ1n) is 11.9. The molecule has 33 heavy (non-hydrogen) atoms. The summed E-state index contributed by atoms with van der Waals surface area (Å²) in [5.74, 6) is -1.07. The van der Waals surface area contributed by atoms with E-state index in [0.29, 0.717) is 18.4 Å². The van der Waals surface area contributed by atoms with Crippen molar-refractivity contribution >= 4 is 23.6 Å². The standard InChI is InChI=1S/C24H30N4O5/c29-20(14-6-2-1-3-7-14)24(33)27-11-10-17-19(27)23(32)28-13-16(12-18(28)22(31)26-17)25-21(30)15-8-4-5-9-15/h1-3,6-7,15-20,29H,4-5,8-13H2,(H,25,30)(H,26,31). The van der Waals surface area contributed by atoms with Crippen LogP contribution < -0.4 is 10.6 Å². The number of nitrogens with zero attached hydrogens (tertiary/aromatic N) is 2. The van der Waals surface area contributed by atoms with Gasteiger partial charge >= 0.3 is 0 Å². The highest BCUT2D eigenvalue weighted by molar-refractivity contribution is 5.97. The Morgan fingerprint density at radius 3 is 2.55 bits per heavy atom. The first-order chi connectivity index (χ1) is 15.9. The van der Waals surface area contributed by atoms with Gasteiger partial charge < -0.3 is 25.5 Å². The molecule has 3 saturated heterocycles. The maximum atomic E-state index is 13.6. The Labute approximate surface area is 192 Å². The van der Waals surface area contributed by atoms with Crippen LogP contribution in [0.4, 0.5) is 0 Å². The number of fused-ring (bicyclic) bond motifs is 2. The fraction of sp³-hybridized carbons (Fsp3) is 0.583. The number of hydrogen-bond acceptors (Lipinski definition) is 5. The molecule has 1 saturated carbocycles. The van der Waals surface area contributed by atoms with Gasteiger partial charge in [0, 0.05) is 25.0 Å². The van der Waals surface area contributed by atoms with Crippen LogP contribution >= 0.6 is 0 Å². The molecule has 9 heteroatoms. The first-order valence-corrected chi connectivity index (χ1v) is 11.9. The highest BCUT2D eigenvalue weighted by atomic mass is 16.3. The smallest absolute Gasteiger partial charge is 0.256 e. The van der Waals surface area contributed by atoms with Crippen molar-refractivity contribution in [3.8, 4) is 0 Å². The molecule has 0 radical (unpaired) electrons. The van der Waals surface area contributed by atoms with Gasteiger partial charge in [-0.05, 0) is 31.2 Å². The minimum absolute atomic E-state index is 0.00421. The molecule has 3 N–H and O–H groups in total. The summed E-state index contributed by atoms with van der Waals surface area (Å²) >= 11 is 0. The van der Waals surface area contributed by atoms with Gasteiger partial charge in [-0.25, -0.2) is 0 Å². The second-order valence-corrected chi connectivity index (χ2v) is 9.62. The predicted octanol–water partition coefficient (Wildman–Crippen LogP) is 0.0952. The maximum absolute atomic E-state index is 13.6. The third-order valence-electron chi connectivity index (χ3n) is 7.57. The zero-order valence-corrected chi connectivity index (χ0v) is 18.5. The van der Waals surface area contributed by atoms with E-state index in [9.17, 15) is 24.3 Å². The van der Waals surface area contributed by atoms with Crippen LogP contribution in [-0.4, -0.2) is 75.8 Å². The molecule has 1 aromatic carbocycles. The fourth-order valence-electron chi connectivity index (χ4n) is 5.82. The van der Waals surface area contributed by atoms with E-state index in [2.05, 4.69) is 10.6 Å². The molecule has 0 bridgehead atoms. The number of aliphatic hydroxyl groups excluding tert-OH is 1. The Hall–Kier alpha value is -2.94. The molecule has 4 fully saturated rings. The Balaban J connectivity index is 1.31. The summed E-state index contributed by atoms with van der Waals surface area (Å²) in [5.41, 5.74) is 0.463. The molecule has 3 heterocycles. The summed E-state index contributed by atoms with van der Waals surface area (Å²) in [6.07, 6.45) is 3.34. The van der Waals surface area contributed by atoms with Crippen LogP contribution in [0.15, 0.2) is 30.3 Å². The van der Waals surface area contributed by atoms with Gasteiger partial charge in [0.25, 0.3) is 5.91 Å². The van der Waals surface area contributed by atoms with E-state index in [0.717, 1.165) is 25.7 Å². The van der Waals surface area contributed by atoms with Crippen molar-refractivity contribution in [3.05, 3.63) is 35.9 Å². The zero-order valence-electron chi connectivity index (χ0n) is 18.5. The first kappa shape index (κ1) is 21.9. The second kappa shape index (κ2) is 8.78. The number of carbonyl (C=O) groups excluding carboxylic acids is 4. The molecule has 176 valence electrons. The molecule has 0 aromatic heterocycles.